The van der Waals surface area contributed by atoms with E-state index >= 15 is 0 Å². The first kappa shape index (κ1) is 14.4. The minimum atomic E-state index is -0.0595. The number of hydrogen-bond acceptors (Lipinski definition) is 5. The first-order valence-electron chi connectivity index (χ1n) is 6.72. The molecule has 1 aromatic heterocycles. The number of amides is 1. The summed E-state index contributed by atoms with van der Waals surface area (Å²) in [6.07, 6.45) is 1.95. The number of rotatable bonds is 4. The second-order valence-corrected chi connectivity index (χ2v) is 6.40. The van der Waals surface area contributed by atoms with Gasteiger partial charge in [0.1, 0.15) is 0 Å². The average molecular weight is 282 g/mol. The Morgan fingerprint density at radius 1 is 1.47 bits per heavy atom. The van der Waals surface area contributed by atoms with E-state index in [1.807, 2.05) is 24.9 Å². The maximum Gasteiger partial charge on any atom is 0.226 e. The van der Waals surface area contributed by atoms with E-state index < -0.39 is 0 Å². The number of nitrogens with zero attached hydrogens (tertiary/aromatic N) is 3. The van der Waals surface area contributed by atoms with Gasteiger partial charge in [-0.3, -0.25) is 9.69 Å². The number of aryl methyl sites for hydroxylation is 1. The van der Waals surface area contributed by atoms with Crippen molar-refractivity contribution in [1.82, 2.24) is 14.8 Å². The molecular formula is C13H22N4OS. The maximum absolute atomic E-state index is 12.0. The van der Waals surface area contributed by atoms with Gasteiger partial charge >= 0.3 is 0 Å². The molecule has 1 aliphatic heterocycles. The fraction of sp³-hybridized carbons (Fsp3) is 0.692. The zero-order valence-electron chi connectivity index (χ0n) is 11.6. The summed E-state index contributed by atoms with van der Waals surface area (Å²) in [7, 11) is 0. The van der Waals surface area contributed by atoms with E-state index in [0.29, 0.717) is 6.54 Å². The summed E-state index contributed by atoms with van der Waals surface area (Å²) < 4.78 is 0. The lowest BCUT2D eigenvalue weighted by Crippen LogP contribution is -2.50. The Morgan fingerprint density at radius 3 is 2.68 bits per heavy atom. The number of carbonyl (C=O) groups excluding carboxylic acids is 1. The fourth-order valence-corrected chi connectivity index (χ4v) is 3.08. The number of nitrogens with two attached hydrogens (primary N) is 1. The third kappa shape index (κ3) is 3.75. The highest BCUT2D eigenvalue weighted by Gasteiger charge is 2.24. The Balaban J connectivity index is 1.81. The van der Waals surface area contributed by atoms with Crippen molar-refractivity contribution in [2.24, 2.45) is 11.7 Å². The van der Waals surface area contributed by atoms with Crippen LogP contribution < -0.4 is 5.73 Å². The first-order chi connectivity index (χ1) is 9.10. The van der Waals surface area contributed by atoms with Crippen LogP contribution >= 0.6 is 11.3 Å². The monoisotopic (exact) mass is 282 g/mol. The van der Waals surface area contributed by atoms with Crippen LogP contribution in [0, 0.1) is 12.8 Å². The Labute approximate surface area is 118 Å². The summed E-state index contributed by atoms with van der Waals surface area (Å²) in [5.74, 6) is 0.131. The SMILES string of the molecule is Cc1ncc(CN2CCN(C(=O)C(C)CN)CC2)s1. The van der Waals surface area contributed by atoms with Crippen LogP contribution in [0.1, 0.15) is 16.8 Å². The van der Waals surface area contributed by atoms with E-state index in [-0.39, 0.29) is 11.8 Å². The largest absolute Gasteiger partial charge is 0.340 e. The van der Waals surface area contributed by atoms with E-state index in [9.17, 15) is 4.79 Å². The lowest BCUT2D eigenvalue weighted by molar-refractivity contribution is -0.136. The minimum absolute atomic E-state index is 0.0595. The van der Waals surface area contributed by atoms with Gasteiger partial charge in [-0.15, -0.1) is 11.3 Å². The van der Waals surface area contributed by atoms with E-state index in [2.05, 4.69) is 9.88 Å². The summed E-state index contributed by atoms with van der Waals surface area (Å²) in [5, 5.41) is 1.11. The molecular weight excluding hydrogens is 260 g/mol. The number of piperazine rings is 1. The predicted molar refractivity (Wildman–Crippen MR) is 76.9 cm³/mol. The molecule has 0 saturated carbocycles. The second-order valence-electron chi connectivity index (χ2n) is 5.08. The maximum atomic E-state index is 12.0. The third-order valence-electron chi connectivity index (χ3n) is 3.51. The molecule has 1 aromatic rings. The summed E-state index contributed by atoms with van der Waals surface area (Å²) in [6, 6.07) is 0. The molecule has 1 unspecified atom stereocenters. The standard InChI is InChI=1S/C13H22N4OS/c1-10(7-14)13(18)17-5-3-16(4-6-17)9-12-8-15-11(2)19-12/h8,10H,3-7,9,14H2,1-2H3. The molecule has 6 heteroatoms. The zero-order chi connectivity index (χ0) is 13.8. The van der Waals surface area contributed by atoms with Gasteiger partial charge < -0.3 is 10.6 Å². The molecule has 19 heavy (non-hydrogen) atoms. The smallest absolute Gasteiger partial charge is 0.226 e. The molecule has 1 fully saturated rings. The van der Waals surface area contributed by atoms with E-state index in [1.54, 1.807) is 11.3 Å². The molecule has 0 aromatic carbocycles. The van der Waals surface area contributed by atoms with Gasteiger partial charge in [-0.1, -0.05) is 6.92 Å². The van der Waals surface area contributed by atoms with Crippen LogP contribution in [0.4, 0.5) is 0 Å². The first-order valence-corrected chi connectivity index (χ1v) is 7.54. The van der Waals surface area contributed by atoms with E-state index in [4.69, 9.17) is 5.73 Å². The normalized spacial score (nSPS) is 18.6. The van der Waals surface area contributed by atoms with Crippen molar-refractivity contribution in [2.45, 2.75) is 20.4 Å². The Bertz CT molecular complexity index is 426. The molecule has 2 rings (SSSR count). The molecule has 0 spiro atoms. The molecule has 1 aliphatic rings. The fourth-order valence-electron chi connectivity index (χ4n) is 2.24. The summed E-state index contributed by atoms with van der Waals surface area (Å²) in [5.41, 5.74) is 5.55. The van der Waals surface area contributed by atoms with Crippen LogP contribution in [-0.2, 0) is 11.3 Å². The van der Waals surface area contributed by atoms with Crippen molar-refractivity contribution < 1.29 is 4.79 Å². The Hall–Kier alpha value is -0.980. The lowest BCUT2D eigenvalue weighted by atomic mass is 10.1. The highest BCUT2D eigenvalue weighted by Crippen LogP contribution is 2.16. The van der Waals surface area contributed by atoms with Crippen LogP contribution in [0.15, 0.2) is 6.20 Å². The van der Waals surface area contributed by atoms with Crippen molar-refractivity contribution in [3.8, 4) is 0 Å². The molecule has 106 valence electrons. The van der Waals surface area contributed by atoms with E-state index in [1.165, 1.54) is 4.88 Å². The molecule has 1 saturated heterocycles. The molecule has 1 atom stereocenters. The van der Waals surface area contributed by atoms with Crippen molar-refractivity contribution in [2.75, 3.05) is 32.7 Å². The summed E-state index contributed by atoms with van der Waals surface area (Å²) in [6.45, 7) is 8.77. The van der Waals surface area contributed by atoms with Crippen LogP contribution in [0.2, 0.25) is 0 Å². The molecule has 1 amide bonds. The van der Waals surface area contributed by atoms with Crippen LogP contribution in [-0.4, -0.2) is 53.4 Å². The van der Waals surface area contributed by atoms with Gasteiger partial charge in [0.25, 0.3) is 0 Å². The average Bonchev–Trinajstić information content (AvgIpc) is 2.83. The molecule has 2 N–H and O–H groups in total. The minimum Gasteiger partial charge on any atom is -0.340 e. The molecule has 0 radical (unpaired) electrons. The molecule has 0 bridgehead atoms. The van der Waals surface area contributed by atoms with Crippen LogP contribution in [0.5, 0.6) is 0 Å². The molecule has 5 nitrogen and oxygen atoms in total. The lowest BCUT2D eigenvalue weighted by Gasteiger charge is -2.35. The highest BCUT2D eigenvalue weighted by molar-refractivity contribution is 7.11. The topological polar surface area (TPSA) is 62.5 Å². The van der Waals surface area contributed by atoms with Gasteiger partial charge in [0.2, 0.25) is 5.91 Å². The van der Waals surface area contributed by atoms with Crippen molar-refractivity contribution >= 4 is 17.2 Å². The van der Waals surface area contributed by atoms with Gasteiger partial charge in [-0.2, -0.15) is 0 Å². The number of carbonyl (C=O) groups is 1. The predicted octanol–water partition coefficient (Wildman–Crippen LogP) is 0.691. The van der Waals surface area contributed by atoms with E-state index in [0.717, 1.165) is 37.7 Å². The highest BCUT2D eigenvalue weighted by atomic mass is 32.1. The number of thiazole rings is 1. The second kappa shape index (κ2) is 6.45. The van der Waals surface area contributed by atoms with Crippen LogP contribution in [0.3, 0.4) is 0 Å². The van der Waals surface area contributed by atoms with Crippen molar-refractivity contribution in [1.29, 1.82) is 0 Å². The molecule has 0 aliphatic carbocycles. The number of aromatic nitrogens is 1. The zero-order valence-corrected chi connectivity index (χ0v) is 12.4. The van der Waals surface area contributed by atoms with Gasteiger partial charge in [0, 0.05) is 56.3 Å². The summed E-state index contributed by atoms with van der Waals surface area (Å²) in [4.78, 5) is 21.9. The third-order valence-corrected chi connectivity index (χ3v) is 4.41. The van der Waals surface area contributed by atoms with Gasteiger partial charge in [-0.25, -0.2) is 4.98 Å². The van der Waals surface area contributed by atoms with Crippen molar-refractivity contribution in [3.63, 3.8) is 0 Å². The Morgan fingerprint density at radius 2 is 2.16 bits per heavy atom. The Kier molecular flexibility index (Phi) is 4.90. The van der Waals surface area contributed by atoms with Crippen molar-refractivity contribution in [3.05, 3.63) is 16.1 Å². The number of hydrogen-bond donors (Lipinski definition) is 1. The van der Waals surface area contributed by atoms with Gasteiger partial charge in [-0.05, 0) is 6.92 Å². The van der Waals surface area contributed by atoms with Gasteiger partial charge in [0.05, 0.1) is 5.01 Å². The quantitative estimate of drug-likeness (QED) is 0.882. The van der Waals surface area contributed by atoms with Crippen LogP contribution in [0.25, 0.3) is 0 Å². The van der Waals surface area contributed by atoms with Gasteiger partial charge in [0.15, 0.2) is 0 Å². The summed E-state index contributed by atoms with van der Waals surface area (Å²) >= 11 is 1.75. The molecule has 2 heterocycles.